The van der Waals surface area contributed by atoms with Crippen LogP contribution >= 0.6 is 15.9 Å². The van der Waals surface area contributed by atoms with E-state index in [2.05, 4.69) is 15.9 Å². The predicted molar refractivity (Wildman–Crippen MR) is 56.9 cm³/mol. The molecule has 4 N–H and O–H groups in total. The molecule has 1 unspecified atom stereocenters. The standard InChI is InChI=1S/C9H9BrFNO4/c1-16-8-5(6(12)9(14)15)3(10)2-4(11)7(8)13/h2,6,13H,12H2,1H3,(H,14,15). The van der Waals surface area contributed by atoms with E-state index in [9.17, 15) is 14.3 Å². The Morgan fingerprint density at radius 3 is 2.69 bits per heavy atom. The fourth-order valence-corrected chi connectivity index (χ4v) is 1.85. The molecule has 0 heterocycles. The van der Waals surface area contributed by atoms with Crippen molar-refractivity contribution in [3.05, 3.63) is 21.9 Å². The van der Waals surface area contributed by atoms with Crippen LogP contribution in [0.2, 0.25) is 0 Å². The fraction of sp³-hybridized carbons (Fsp3) is 0.222. The Morgan fingerprint density at radius 2 is 2.25 bits per heavy atom. The van der Waals surface area contributed by atoms with E-state index in [1.54, 1.807) is 0 Å². The number of halogens is 2. The third-order valence-electron chi connectivity index (χ3n) is 1.98. The lowest BCUT2D eigenvalue weighted by atomic mass is 10.1. The summed E-state index contributed by atoms with van der Waals surface area (Å²) in [4.78, 5) is 10.7. The molecule has 0 amide bonds. The zero-order valence-electron chi connectivity index (χ0n) is 8.20. The van der Waals surface area contributed by atoms with Gasteiger partial charge in [-0.25, -0.2) is 4.39 Å². The molecule has 0 aliphatic heterocycles. The number of phenols is 1. The van der Waals surface area contributed by atoms with Crippen molar-refractivity contribution < 1.29 is 24.1 Å². The topological polar surface area (TPSA) is 92.8 Å². The highest BCUT2D eigenvalue weighted by Crippen LogP contribution is 2.40. The Morgan fingerprint density at radius 1 is 1.69 bits per heavy atom. The Hall–Kier alpha value is -1.34. The van der Waals surface area contributed by atoms with Gasteiger partial charge in [0.1, 0.15) is 6.04 Å². The Bertz CT molecular complexity index is 438. The smallest absolute Gasteiger partial charge is 0.325 e. The van der Waals surface area contributed by atoms with Gasteiger partial charge in [0.05, 0.1) is 7.11 Å². The molecular formula is C9H9BrFNO4. The molecule has 0 aliphatic rings. The Kier molecular flexibility index (Phi) is 3.71. The Balaban J connectivity index is 3.48. The number of benzene rings is 1. The summed E-state index contributed by atoms with van der Waals surface area (Å²) in [6.45, 7) is 0. The maximum Gasteiger partial charge on any atom is 0.325 e. The molecule has 1 rings (SSSR count). The Labute approximate surface area is 98.8 Å². The lowest BCUT2D eigenvalue weighted by Gasteiger charge is -2.15. The van der Waals surface area contributed by atoms with Gasteiger partial charge in [0.25, 0.3) is 0 Å². The second-order valence-corrected chi connectivity index (χ2v) is 3.81. The van der Waals surface area contributed by atoms with E-state index < -0.39 is 23.6 Å². The lowest BCUT2D eigenvalue weighted by Crippen LogP contribution is -2.22. The minimum Gasteiger partial charge on any atom is -0.502 e. The van der Waals surface area contributed by atoms with E-state index in [4.69, 9.17) is 15.6 Å². The van der Waals surface area contributed by atoms with E-state index in [0.29, 0.717) is 0 Å². The molecule has 1 aromatic rings. The summed E-state index contributed by atoms with van der Waals surface area (Å²) >= 11 is 2.97. The molecule has 0 fully saturated rings. The van der Waals surface area contributed by atoms with Crippen LogP contribution in [0.3, 0.4) is 0 Å². The quantitative estimate of drug-likeness (QED) is 0.783. The van der Waals surface area contributed by atoms with Crippen molar-refractivity contribution in [2.75, 3.05) is 7.11 Å². The van der Waals surface area contributed by atoms with Gasteiger partial charge in [0.15, 0.2) is 17.3 Å². The van der Waals surface area contributed by atoms with Gasteiger partial charge < -0.3 is 20.7 Å². The second kappa shape index (κ2) is 4.67. The average molecular weight is 294 g/mol. The third kappa shape index (κ3) is 2.10. The van der Waals surface area contributed by atoms with Gasteiger partial charge in [-0.15, -0.1) is 0 Å². The van der Waals surface area contributed by atoms with Gasteiger partial charge in [-0.2, -0.15) is 0 Å². The van der Waals surface area contributed by atoms with Gasteiger partial charge in [-0.1, -0.05) is 15.9 Å². The normalized spacial score (nSPS) is 12.2. The van der Waals surface area contributed by atoms with Crippen molar-refractivity contribution in [3.8, 4) is 11.5 Å². The molecule has 0 saturated heterocycles. The van der Waals surface area contributed by atoms with Crippen molar-refractivity contribution in [3.63, 3.8) is 0 Å². The number of aliphatic carboxylic acids is 1. The second-order valence-electron chi connectivity index (χ2n) is 2.95. The summed E-state index contributed by atoms with van der Waals surface area (Å²) in [5, 5.41) is 18.1. The van der Waals surface area contributed by atoms with Gasteiger partial charge in [-0.3, -0.25) is 4.79 Å². The first kappa shape index (κ1) is 12.7. The van der Waals surface area contributed by atoms with Crippen LogP contribution in [0.25, 0.3) is 0 Å². The molecule has 0 bridgehead atoms. The van der Waals surface area contributed by atoms with Gasteiger partial charge in [0.2, 0.25) is 0 Å². The number of carbonyl (C=O) groups is 1. The molecule has 1 atom stereocenters. The van der Waals surface area contributed by atoms with Crippen LogP contribution in [0.4, 0.5) is 4.39 Å². The van der Waals surface area contributed by atoms with E-state index in [1.807, 2.05) is 0 Å². The summed E-state index contributed by atoms with van der Waals surface area (Å²) in [7, 11) is 1.18. The SMILES string of the molecule is COc1c(O)c(F)cc(Br)c1C(N)C(=O)O. The highest BCUT2D eigenvalue weighted by Gasteiger charge is 2.26. The average Bonchev–Trinajstić information content (AvgIpc) is 2.21. The highest BCUT2D eigenvalue weighted by molar-refractivity contribution is 9.10. The van der Waals surface area contributed by atoms with Crippen LogP contribution in [0.15, 0.2) is 10.5 Å². The molecule has 0 radical (unpaired) electrons. The lowest BCUT2D eigenvalue weighted by molar-refractivity contribution is -0.138. The third-order valence-corrected chi connectivity index (χ3v) is 2.63. The van der Waals surface area contributed by atoms with Crippen LogP contribution in [0.1, 0.15) is 11.6 Å². The number of carboxylic acids is 1. The van der Waals surface area contributed by atoms with Gasteiger partial charge in [0, 0.05) is 10.0 Å². The van der Waals surface area contributed by atoms with Gasteiger partial charge in [-0.05, 0) is 6.07 Å². The molecular weight excluding hydrogens is 285 g/mol. The summed E-state index contributed by atoms with van der Waals surface area (Å²) in [5.41, 5.74) is 5.37. The molecule has 7 heteroatoms. The van der Waals surface area contributed by atoms with E-state index >= 15 is 0 Å². The van der Waals surface area contributed by atoms with Crippen molar-refractivity contribution in [1.82, 2.24) is 0 Å². The summed E-state index contributed by atoms with van der Waals surface area (Å²) < 4.78 is 18.0. The largest absolute Gasteiger partial charge is 0.502 e. The van der Waals surface area contributed by atoms with Crippen molar-refractivity contribution in [2.45, 2.75) is 6.04 Å². The number of aromatic hydroxyl groups is 1. The van der Waals surface area contributed by atoms with E-state index in [-0.39, 0.29) is 15.8 Å². The summed E-state index contributed by atoms with van der Waals surface area (Å²) in [5.74, 6) is -3.30. The maximum absolute atomic E-state index is 13.1. The number of methoxy groups -OCH3 is 1. The molecule has 0 saturated carbocycles. The van der Waals surface area contributed by atoms with Gasteiger partial charge >= 0.3 is 5.97 Å². The molecule has 16 heavy (non-hydrogen) atoms. The van der Waals surface area contributed by atoms with Crippen LogP contribution in [0, 0.1) is 5.82 Å². The number of carboxylic acid groups (broad SMARTS) is 1. The molecule has 5 nitrogen and oxygen atoms in total. The molecule has 1 aromatic carbocycles. The number of rotatable bonds is 3. The maximum atomic E-state index is 13.1. The minimum absolute atomic E-state index is 0.0195. The van der Waals surface area contributed by atoms with Crippen LogP contribution in [-0.4, -0.2) is 23.3 Å². The van der Waals surface area contributed by atoms with Crippen molar-refractivity contribution in [1.29, 1.82) is 0 Å². The first-order valence-corrected chi connectivity index (χ1v) is 4.92. The van der Waals surface area contributed by atoms with Crippen molar-refractivity contribution in [2.24, 2.45) is 5.73 Å². The number of ether oxygens (including phenoxy) is 1. The van der Waals surface area contributed by atoms with E-state index in [1.165, 1.54) is 7.11 Å². The number of nitrogens with two attached hydrogens (primary N) is 1. The molecule has 0 spiro atoms. The number of hydrogen-bond donors (Lipinski definition) is 3. The van der Waals surface area contributed by atoms with Crippen LogP contribution in [-0.2, 0) is 4.79 Å². The zero-order chi connectivity index (χ0) is 12.5. The van der Waals surface area contributed by atoms with E-state index in [0.717, 1.165) is 6.07 Å². The minimum atomic E-state index is -1.42. The molecule has 0 aromatic heterocycles. The number of phenolic OH excluding ortho intramolecular Hbond substituents is 1. The van der Waals surface area contributed by atoms with Crippen LogP contribution in [0.5, 0.6) is 11.5 Å². The zero-order valence-corrected chi connectivity index (χ0v) is 9.78. The monoisotopic (exact) mass is 293 g/mol. The van der Waals surface area contributed by atoms with Crippen LogP contribution < -0.4 is 10.5 Å². The van der Waals surface area contributed by atoms with Crippen molar-refractivity contribution >= 4 is 21.9 Å². The summed E-state index contributed by atoms with van der Waals surface area (Å²) in [6.07, 6.45) is 0. The summed E-state index contributed by atoms with van der Waals surface area (Å²) in [6, 6.07) is -0.494. The first-order chi connectivity index (χ1) is 7.40. The number of hydrogen-bond acceptors (Lipinski definition) is 4. The molecule has 88 valence electrons. The highest BCUT2D eigenvalue weighted by atomic mass is 79.9. The fourth-order valence-electron chi connectivity index (χ4n) is 1.22. The predicted octanol–water partition coefficient (Wildman–Crippen LogP) is 1.39. The first-order valence-electron chi connectivity index (χ1n) is 4.13. The molecule has 0 aliphatic carbocycles.